The Hall–Kier alpha value is -2.63. The Balaban J connectivity index is 1.43. The van der Waals surface area contributed by atoms with Crippen molar-refractivity contribution in [2.24, 2.45) is 0 Å². The fourth-order valence-corrected chi connectivity index (χ4v) is 3.46. The molecule has 2 amide bonds. The Morgan fingerprint density at radius 3 is 2.76 bits per heavy atom. The van der Waals surface area contributed by atoms with Gasteiger partial charge in [0.1, 0.15) is 5.76 Å². The molecule has 6 heteroatoms. The maximum atomic E-state index is 12.4. The van der Waals surface area contributed by atoms with Crippen molar-refractivity contribution in [2.75, 3.05) is 6.54 Å². The molecule has 25 heavy (non-hydrogen) atoms. The molecule has 2 heterocycles. The van der Waals surface area contributed by atoms with Crippen LogP contribution in [0.15, 0.2) is 40.9 Å². The average molecular weight is 339 g/mol. The summed E-state index contributed by atoms with van der Waals surface area (Å²) in [6, 6.07) is 11.7. The number of piperidine rings is 1. The van der Waals surface area contributed by atoms with Crippen LogP contribution in [0.4, 0.5) is 0 Å². The number of aromatic nitrogens is 1. The first-order valence-electron chi connectivity index (χ1n) is 8.78. The van der Waals surface area contributed by atoms with Crippen molar-refractivity contribution in [1.29, 1.82) is 0 Å². The van der Waals surface area contributed by atoms with Gasteiger partial charge in [0.05, 0.1) is 6.04 Å². The van der Waals surface area contributed by atoms with Crippen LogP contribution in [0, 0.1) is 0 Å². The number of nitrogens with zero attached hydrogens (tertiary/aromatic N) is 2. The van der Waals surface area contributed by atoms with Crippen LogP contribution in [0.5, 0.6) is 0 Å². The van der Waals surface area contributed by atoms with Crippen molar-refractivity contribution in [2.45, 2.75) is 43.7 Å². The lowest BCUT2D eigenvalue weighted by Crippen LogP contribution is -2.45. The Morgan fingerprint density at radius 1 is 1.24 bits per heavy atom. The van der Waals surface area contributed by atoms with Crippen LogP contribution < -0.4 is 5.32 Å². The van der Waals surface area contributed by atoms with Crippen molar-refractivity contribution in [3.8, 4) is 0 Å². The number of nitrogens with one attached hydrogen (secondary N) is 1. The van der Waals surface area contributed by atoms with E-state index in [0.29, 0.717) is 24.6 Å². The molecule has 1 saturated carbocycles. The molecule has 2 aromatic rings. The maximum absolute atomic E-state index is 12.4. The summed E-state index contributed by atoms with van der Waals surface area (Å²) in [5.41, 5.74) is 1.43. The molecule has 130 valence electrons. The first-order valence-corrected chi connectivity index (χ1v) is 8.78. The van der Waals surface area contributed by atoms with E-state index in [4.69, 9.17) is 4.52 Å². The lowest BCUT2D eigenvalue weighted by Gasteiger charge is -2.37. The third-order valence-corrected chi connectivity index (χ3v) is 5.04. The number of amides is 2. The van der Waals surface area contributed by atoms with E-state index in [0.717, 1.165) is 37.0 Å². The zero-order chi connectivity index (χ0) is 17.2. The van der Waals surface area contributed by atoms with Crippen LogP contribution >= 0.6 is 0 Å². The predicted octanol–water partition coefficient (Wildman–Crippen LogP) is 2.64. The Kier molecular flexibility index (Phi) is 4.26. The lowest BCUT2D eigenvalue weighted by atomic mass is 9.92. The number of rotatable bonds is 5. The molecule has 1 N–H and O–H groups in total. The summed E-state index contributed by atoms with van der Waals surface area (Å²) in [7, 11) is 0. The van der Waals surface area contributed by atoms with Crippen LogP contribution in [-0.4, -0.2) is 35.0 Å². The summed E-state index contributed by atoms with van der Waals surface area (Å²) in [6.07, 6.45) is 4.55. The van der Waals surface area contributed by atoms with Gasteiger partial charge in [0, 0.05) is 24.6 Å². The normalized spacial score (nSPS) is 23.3. The second-order valence-electron chi connectivity index (χ2n) is 6.85. The summed E-state index contributed by atoms with van der Waals surface area (Å²) >= 11 is 0. The van der Waals surface area contributed by atoms with Gasteiger partial charge in [0.25, 0.3) is 5.91 Å². The SMILES string of the molecule is O=CN1CCC(NC(=O)c2cc(C3CC3)on2)CC1c1ccccc1. The summed E-state index contributed by atoms with van der Waals surface area (Å²) < 4.78 is 5.26. The summed E-state index contributed by atoms with van der Waals surface area (Å²) in [5, 5.41) is 6.95. The van der Waals surface area contributed by atoms with Crippen molar-refractivity contribution in [3.63, 3.8) is 0 Å². The molecule has 1 aliphatic carbocycles. The molecule has 0 bridgehead atoms. The van der Waals surface area contributed by atoms with Crippen LogP contribution in [-0.2, 0) is 4.79 Å². The molecule has 1 aromatic carbocycles. The topological polar surface area (TPSA) is 75.4 Å². The number of hydrogen-bond donors (Lipinski definition) is 1. The van der Waals surface area contributed by atoms with E-state index in [2.05, 4.69) is 10.5 Å². The molecule has 2 atom stereocenters. The van der Waals surface area contributed by atoms with Gasteiger partial charge in [-0.3, -0.25) is 9.59 Å². The van der Waals surface area contributed by atoms with Gasteiger partial charge in [-0.1, -0.05) is 35.5 Å². The highest BCUT2D eigenvalue weighted by Gasteiger charge is 2.32. The smallest absolute Gasteiger partial charge is 0.273 e. The molecule has 0 radical (unpaired) electrons. The zero-order valence-corrected chi connectivity index (χ0v) is 13.9. The molecule has 1 saturated heterocycles. The fraction of sp³-hybridized carbons (Fsp3) is 0.421. The summed E-state index contributed by atoms with van der Waals surface area (Å²) in [4.78, 5) is 25.6. The Morgan fingerprint density at radius 2 is 2.04 bits per heavy atom. The number of likely N-dealkylation sites (tertiary alicyclic amines) is 1. The third-order valence-electron chi connectivity index (χ3n) is 5.04. The quantitative estimate of drug-likeness (QED) is 0.850. The highest BCUT2D eigenvalue weighted by molar-refractivity contribution is 5.92. The molecule has 2 unspecified atom stereocenters. The first kappa shape index (κ1) is 15.9. The van der Waals surface area contributed by atoms with E-state index in [1.165, 1.54) is 0 Å². The van der Waals surface area contributed by atoms with Gasteiger partial charge in [-0.05, 0) is 31.2 Å². The van der Waals surface area contributed by atoms with Gasteiger partial charge in [0.15, 0.2) is 5.69 Å². The molecule has 6 nitrogen and oxygen atoms in total. The molecule has 1 aromatic heterocycles. The van der Waals surface area contributed by atoms with Gasteiger partial charge in [0.2, 0.25) is 6.41 Å². The van der Waals surface area contributed by atoms with Crippen LogP contribution in [0.3, 0.4) is 0 Å². The van der Waals surface area contributed by atoms with Gasteiger partial charge >= 0.3 is 0 Å². The molecule has 2 aliphatic rings. The molecule has 0 spiro atoms. The number of benzene rings is 1. The fourth-order valence-electron chi connectivity index (χ4n) is 3.46. The predicted molar refractivity (Wildman–Crippen MR) is 90.9 cm³/mol. The van der Waals surface area contributed by atoms with Gasteiger partial charge in [-0.2, -0.15) is 0 Å². The minimum absolute atomic E-state index is 0.00924. The highest BCUT2D eigenvalue weighted by Crippen LogP contribution is 2.40. The largest absolute Gasteiger partial charge is 0.360 e. The maximum Gasteiger partial charge on any atom is 0.273 e. The van der Waals surface area contributed by atoms with E-state index in [9.17, 15) is 9.59 Å². The molecular weight excluding hydrogens is 318 g/mol. The molecule has 1 aliphatic heterocycles. The lowest BCUT2D eigenvalue weighted by molar-refractivity contribution is -0.121. The number of carbonyl (C=O) groups excluding carboxylic acids is 2. The summed E-state index contributed by atoms with van der Waals surface area (Å²) in [6.45, 7) is 0.625. The minimum Gasteiger partial charge on any atom is -0.360 e. The van der Waals surface area contributed by atoms with Gasteiger partial charge in [-0.25, -0.2) is 0 Å². The summed E-state index contributed by atoms with van der Waals surface area (Å²) in [5.74, 6) is 1.04. The van der Waals surface area contributed by atoms with Crippen molar-refractivity contribution >= 4 is 12.3 Å². The molecule has 2 fully saturated rings. The third kappa shape index (κ3) is 3.43. The van der Waals surface area contributed by atoms with E-state index < -0.39 is 0 Å². The second kappa shape index (κ2) is 6.70. The van der Waals surface area contributed by atoms with Gasteiger partial charge in [-0.15, -0.1) is 0 Å². The number of carbonyl (C=O) groups is 2. The van der Waals surface area contributed by atoms with Crippen LogP contribution in [0.2, 0.25) is 0 Å². The Bertz CT molecular complexity index is 754. The van der Waals surface area contributed by atoms with E-state index in [1.807, 2.05) is 30.3 Å². The minimum atomic E-state index is -0.202. The van der Waals surface area contributed by atoms with Gasteiger partial charge < -0.3 is 14.7 Å². The highest BCUT2D eigenvalue weighted by atomic mass is 16.5. The molecule has 4 rings (SSSR count). The van der Waals surface area contributed by atoms with E-state index >= 15 is 0 Å². The van der Waals surface area contributed by atoms with Crippen LogP contribution in [0.1, 0.15) is 59.5 Å². The van der Waals surface area contributed by atoms with Crippen molar-refractivity contribution in [1.82, 2.24) is 15.4 Å². The monoisotopic (exact) mass is 339 g/mol. The van der Waals surface area contributed by atoms with Crippen LogP contribution in [0.25, 0.3) is 0 Å². The molecular formula is C19H21N3O3. The first-order chi connectivity index (χ1) is 12.2. The Labute approximate surface area is 146 Å². The van der Waals surface area contributed by atoms with Crippen molar-refractivity contribution in [3.05, 3.63) is 53.4 Å². The number of hydrogen-bond acceptors (Lipinski definition) is 4. The zero-order valence-electron chi connectivity index (χ0n) is 13.9. The second-order valence-corrected chi connectivity index (χ2v) is 6.85. The standard InChI is InChI=1S/C19H21N3O3/c23-12-22-9-8-15(10-17(22)13-4-2-1-3-5-13)20-19(24)16-11-18(25-21-16)14-6-7-14/h1-5,11-12,14-15,17H,6-10H2,(H,20,24). The van der Waals surface area contributed by atoms with E-state index in [-0.39, 0.29) is 18.0 Å². The van der Waals surface area contributed by atoms with E-state index in [1.54, 1.807) is 11.0 Å². The van der Waals surface area contributed by atoms with Crippen molar-refractivity contribution < 1.29 is 14.1 Å². The average Bonchev–Trinajstić information content (AvgIpc) is 3.39.